The molecule has 2 aliphatic heterocycles. The van der Waals surface area contributed by atoms with Crippen LogP contribution in [0.1, 0.15) is 16.4 Å². The number of anilines is 2. The minimum atomic E-state index is -0.875. The predicted octanol–water partition coefficient (Wildman–Crippen LogP) is 5.36. The van der Waals surface area contributed by atoms with Gasteiger partial charge in [0.05, 0.1) is 16.6 Å². The van der Waals surface area contributed by atoms with E-state index in [1.807, 2.05) is 0 Å². The summed E-state index contributed by atoms with van der Waals surface area (Å²) in [5.41, 5.74) is 1.33. The van der Waals surface area contributed by atoms with Crippen molar-refractivity contribution in [2.75, 3.05) is 10.2 Å². The van der Waals surface area contributed by atoms with E-state index in [2.05, 4.69) is 5.32 Å². The van der Waals surface area contributed by atoms with Gasteiger partial charge in [0.25, 0.3) is 0 Å². The van der Waals surface area contributed by atoms with E-state index in [1.165, 1.54) is 10.6 Å². The molecule has 0 aliphatic carbocycles. The molecule has 1 aromatic heterocycles. The maximum atomic E-state index is 13.9. The average Bonchev–Trinajstić information content (AvgIpc) is 3.37. The molecule has 3 heterocycles. The van der Waals surface area contributed by atoms with Gasteiger partial charge in [-0.05, 0) is 54.6 Å². The summed E-state index contributed by atoms with van der Waals surface area (Å²) in [6, 6.07) is 19.5. The highest BCUT2D eigenvalue weighted by Crippen LogP contribution is 2.55. The third-order valence-electron chi connectivity index (χ3n) is 6.84. The second kappa shape index (κ2) is 10.4. The van der Waals surface area contributed by atoms with Crippen molar-refractivity contribution in [1.29, 1.82) is 0 Å². The summed E-state index contributed by atoms with van der Waals surface area (Å²) in [5.74, 6) is -3.01. The molecule has 0 saturated carbocycles. The molecule has 0 unspecified atom stereocenters. The number of thioether (sulfide) groups is 1. The van der Waals surface area contributed by atoms with Gasteiger partial charge in [0, 0.05) is 32.1 Å². The molecule has 202 valence electrons. The van der Waals surface area contributed by atoms with Gasteiger partial charge >= 0.3 is 4.87 Å². The Balaban J connectivity index is 1.41. The average molecular weight is 613 g/mol. The Kier molecular flexibility index (Phi) is 6.95. The van der Waals surface area contributed by atoms with E-state index in [9.17, 15) is 24.3 Å². The lowest BCUT2D eigenvalue weighted by atomic mass is 9.82. The van der Waals surface area contributed by atoms with Gasteiger partial charge in [0.15, 0.2) is 0 Å². The number of carbonyl (C=O) groups excluding carboxylic acids is 3. The van der Waals surface area contributed by atoms with Crippen molar-refractivity contribution in [3.05, 3.63) is 103 Å². The number of phenolic OH excluding ortho intramolecular Hbond substituents is 1. The molecule has 4 aromatic rings. The number of aromatic nitrogens is 1. The molecule has 3 atom stereocenters. The highest BCUT2D eigenvalue weighted by Gasteiger charge is 2.57. The second-order valence-corrected chi connectivity index (χ2v) is 12.3. The standard InChI is InChI=1S/C28H19Cl2N3O5S2/c29-14-5-9-16(10-6-14)31-20(35)13-32-27-24(40-28(32)38)21(18-3-1-2-4-19(18)34)22-23(39-27)26(37)33(25(22)36)17-11-7-15(30)8-12-17/h1-12,21-23,34H,13H2,(H,31,35)/t21-,22+,23-/m0/s1. The van der Waals surface area contributed by atoms with Crippen molar-refractivity contribution >= 4 is 75.4 Å². The fourth-order valence-corrected chi connectivity index (χ4v) is 8.08. The number of para-hydroxylation sites is 1. The number of thiazole rings is 1. The van der Waals surface area contributed by atoms with Crippen LogP contribution in [-0.2, 0) is 20.9 Å². The van der Waals surface area contributed by atoms with E-state index < -0.39 is 39.7 Å². The van der Waals surface area contributed by atoms with Gasteiger partial charge in [-0.3, -0.25) is 23.7 Å². The molecular weight excluding hydrogens is 593 g/mol. The number of carbonyl (C=O) groups is 3. The number of aromatic hydroxyl groups is 1. The zero-order chi connectivity index (χ0) is 28.1. The van der Waals surface area contributed by atoms with Crippen molar-refractivity contribution in [2.24, 2.45) is 5.92 Å². The highest BCUT2D eigenvalue weighted by atomic mass is 35.5. The molecule has 8 nitrogen and oxygen atoms in total. The fraction of sp³-hybridized carbons (Fsp3) is 0.143. The highest BCUT2D eigenvalue weighted by molar-refractivity contribution is 8.00. The van der Waals surface area contributed by atoms with Gasteiger partial charge < -0.3 is 10.4 Å². The van der Waals surface area contributed by atoms with Gasteiger partial charge in [-0.2, -0.15) is 0 Å². The number of fused-ring (bicyclic) bond motifs is 2. The van der Waals surface area contributed by atoms with E-state index in [-0.39, 0.29) is 12.3 Å². The molecular formula is C28H19Cl2N3O5S2. The molecule has 3 aromatic carbocycles. The summed E-state index contributed by atoms with van der Waals surface area (Å²) in [6.45, 7) is -0.297. The molecule has 40 heavy (non-hydrogen) atoms. The molecule has 1 fully saturated rings. The van der Waals surface area contributed by atoms with E-state index in [0.717, 1.165) is 28.0 Å². The maximum absolute atomic E-state index is 13.9. The monoisotopic (exact) mass is 611 g/mol. The third kappa shape index (κ3) is 4.60. The van der Waals surface area contributed by atoms with Crippen molar-refractivity contribution in [1.82, 2.24) is 4.57 Å². The van der Waals surface area contributed by atoms with Gasteiger partial charge in [-0.15, -0.1) is 0 Å². The number of hydrogen-bond donors (Lipinski definition) is 2. The summed E-state index contributed by atoms with van der Waals surface area (Å²) < 4.78 is 1.32. The van der Waals surface area contributed by atoms with Crippen LogP contribution in [0.3, 0.4) is 0 Å². The largest absolute Gasteiger partial charge is 0.508 e. The van der Waals surface area contributed by atoms with E-state index in [4.69, 9.17) is 23.2 Å². The molecule has 3 amide bonds. The molecule has 0 spiro atoms. The number of halogens is 2. The Morgan fingerprint density at radius 3 is 2.23 bits per heavy atom. The first-order valence-electron chi connectivity index (χ1n) is 12.1. The summed E-state index contributed by atoms with van der Waals surface area (Å²) in [6.07, 6.45) is 0. The first-order valence-corrected chi connectivity index (χ1v) is 14.5. The number of imide groups is 1. The minimum Gasteiger partial charge on any atom is -0.508 e. The first-order chi connectivity index (χ1) is 19.2. The lowest BCUT2D eigenvalue weighted by Crippen LogP contribution is -2.33. The van der Waals surface area contributed by atoms with Crippen LogP contribution in [0.2, 0.25) is 10.0 Å². The van der Waals surface area contributed by atoms with Crippen LogP contribution in [0.4, 0.5) is 11.4 Å². The van der Waals surface area contributed by atoms with Crippen LogP contribution in [0.25, 0.3) is 0 Å². The molecule has 1 saturated heterocycles. The van der Waals surface area contributed by atoms with E-state index >= 15 is 0 Å². The molecule has 0 bridgehead atoms. The number of benzene rings is 3. The van der Waals surface area contributed by atoms with Crippen LogP contribution in [0.5, 0.6) is 5.75 Å². The van der Waals surface area contributed by atoms with E-state index in [0.29, 0.717) is 36.9 Å². The van der Waals surface area contributed by atoms with Crippen molar-refractivity contribution in [2.45, 2.75) is 22.7 Å². The fourth-order valence-electron chi connectivity index (χ4n) is 5.06. The molecule has 2 N–H and O–H groups in total. The summed E-state index contributed by atoms with van der Waals surface area (Å²) in [4.78, 5) is 55.0. The lowest BCUT2D eigenvalue weighted by Gasteiger charge is -2.31. The van der Waals surface area contributed by atoms with Crippen LogP contribution in [0, 0.1) is 5.92 Å². The SMILES string of the molecule is O=C(Cn1c2c(sc1=O)[C@@H](c1ccccc1O)[C@H]1C(=O)N(c3ccc(Cl)cc3)C(=O)[C@H]1S2)Nc1ccc(Cl)cc1. The quantitative estimate of drug-likeness (QED) is 0.294. The Bertz CT molecular complexity index is 1720. The van der Waals surface area contributed by atoms with Crippen molar-refractivity contribution < 1.29 is 19.5 Å². The van der Waals surface area contributed by atoms with Crippen molar-refractivity contribution in [3.8, 4) is 5.75 Å². The number of nitrogens with one attached hydrogen (secondary N) is 1. The zero-order valence-electron chi connectivity index (χ0n) is 20.4. The Morgan fingerprint density at radius 2 is 1.55 bits per heavy atom. The van der Waals surface area contributed by atoms with Crippen LogP contribution in [0.15, 0.2) is 82.6 Å². The van der Waals surface area contributed by atoms with Gasteiger partial charge in [-0.25, -0.2) is 4.90 Å². The van der Waals surface area contributed by atoms with Gasteiger partial charge in [-0.1, -0.05) is 64.5 Å². The normalized spacial score (nSPS) is 19.9. The number of hydrogen-bond acceptors (Lipinski definition) is 7. The number of phenols is 1. The van der Waals surface area contributed by atoms with Gasteiger partial charge in [0.1, 0.15) is 17.5 Å². The topological polar surface area (TPSA) is 109 Å². The van der Waals surface area contributed by atoms with Crippen LogP contribution >= 0.6 is 46.3 Å². The van der Waals surface area contributed by atoms with Crippen LogP contribution in [-0.4, -0.2) is 32.6 Å². The zero-order valence-corrected chi connectivity index (χ0v) is 23.6. The molecule has 2 aliphatic rings. The predicted molar refractivity (Wildman–Crippen MR) is 156 cm³/mol. The Morgan fingerprint density at radius 1 is 0.900 bits per heavy atom. The number of rotatable bonds is 5. The third-order valence-corrected chi connectivity index (χ3v) is 9.94. The summed E-state index contributed by atoms with van der Waals surface area (Å²) >= 11 is 14.0. The number of nitrogens with zero attached hydrogens (tertiary/aromatic N) is 2. The Hall–Kier alpha value is -3.57. The second-order valence-electron chi connectivity index (χ2n) is 9.27. The smallest absolute Gasteiger partial charge is 0.308 e. The summed E-state index contributed by atoms with van der Waals surface area (Å²) in [5, 5.41) is 14.1. The maximum Gasteiger partial charge on any atom is 0.308 e. The molecule has 0 radical (unpaired) electrons. The summed E-state index contributed by atoms with van der Waals surface area (Å²) in [7, 11) is 0. The number of amides is 3. The Labute approximate surface area is 246 Å². The lowest BCUT2D eigenvalue weighted by molar-refractivity contribution is -0.122. The molecule has 6 rings (SSSR count). The van der Waals surface area contributed by atoms with Crippen molar-refractivity contribution in [3.63, 3.8) is 0 Å². The minimum absolute atomic E-state index is 0.0535. The van der Waals surface area contributed by atoms with Crippen LogP contribution < -0.4 is 15.1 Å². The first kappa shape index (κ1) is 26.6. The molecule has 12 heteroatoms. The van der Waals surface area contributed by atoms with E-state index in [1.54, 1.807) is 66.7 Å². The van der Waals surface area contributed by atoms with Gasteiger partial charge in [0.2, 0.25) is 17.7 Å².